The number of alkyl halides is 4. The van der Waals surface area contributed by atoms with E-state index >= 15 is 4.39 Å². The molecule has 154 valence electrons. The zero-order chi connectivity index (χ0) is 21.7. The van der Waals surface area contributed by atoms with Gasteiger partial charge in [-0.1, -0.05) is 26.3 Å². The Morgan fingerprint density at radius 1 is 1.07 bits per heavy atom. The van der Waals surface area contributed by atoms with Crippen molar-refractivity contribution < 1.29 is 37.3 Å². The van der Waals surface area contributed by atoms with Gasteiger partial charge < -0.3 is 20.7 Å². The number of hydrogen-bond donors (Lipinski definition) is 3. The van der Waals surface area contributed by atoms with Crippen LogP contribution in [0.3, 0.4) is 0 Å². The maximum atomic E-state index is 15.5. The van der Waals surface area contributed by atoms with Gasteiger partial charge in [0.15, 0.2) is 0 Å². The molecule has 2 rings (SSSR count). The molecule has 0 aliphatic carbocycles. The van der Waals surface area contributed by atoms with Crippen molar-refractivity contribution >= 4 is 11.7 Å². The Hall–Kier alpha value is -2.97. The molecule has 0 spiro atoms. The van der Waals surface area contributed by atoms with Crippen molar-refractivity contribution in [3.63, 3.8) is 0 Å². The van der Waals surface area contributed by atoms with Crippen molar-refractivity contribution in [2.75, 3.05) is 12.8 Å². The summed E-state index contributed by atoms with van der Waals surface area (Å²) in [5.74, 6) is -2.70. The molecule has 5 nitrogen and oxygen atoms in total. The van der Waals surface area contributed by atoms with Gasteiger partial charge in [0.25, 0.3) is 5.67 Å². The minimum absolute atomic E-state index is 0.220. The van der Waals surface area contributed by atoms with Gasteiger partial charge in [0.2, 0.25) is 0 Å². The number of aliphatic carboxylic acids is 1. The molecule has 0 bridgehead atoms. The highest BCUT2D eigenvalue weighted by Crippen LogP contribution is 2.44. The average Bonchev–Trinajstić information content (AvgIpc) is 2.60. The molecule has 0 saturated carbocycles. The number of benzene rings is 2. The number of halogens is 4. The Kier molecular flexibility index (Phi) is 7.26. The number of phenolic OH excluding ortho intramolecular Hbond substituents is 1. The fourth-order valence-electron chi connectivity index (χ4n) is 2.39. The average molecular weight is 403 g/mol. The van der Waals surface area contributed by atoms with Crippen LogP contribution in [0.1, 0.15) is 37.0 Å². The summed E-state index contributed by atoms with van der Waals surface area (Å²) in [5, 5.41) is 19.0. The Bertz CT molecular complexity index is 839. The van der Waals surface area contributed by atoms with Gasteiger partial charge >= 0.3 is 12.1 Å². The predicted octanol–water partition coefficient (Wildman–Crippen LogP) is 4.72. The predicted molar refractivity (Wildman–Crippen MR) is 96.0 cm³/mol. The van der Waals surface area contributed by atoms with Crippen LogP contribution in [-0.2, 0) is 16.6 Å². The molecular weight excluding hydrogens is 382 g/mol. The molecule has 9 heteroatoms. The van der Waals surface area contributed by atoms with Gasteiger partial charge in [-0.15, -0.1) is 0 Å². The van der Waals surface area contributed by atoms with E-state index in [-0.39, 0.29) is 5.75 Å². The van der Waals surface area contributed by atoms with E-state index in [1.807, 2.05) is 0 Å². The second-order valence-electron chi connectivity index (χ2n) is 5.86. The number of nitrogen functional groups attached to an aromatic ring is 1. The van der Waals surface area contributed by atoms with Gasteiger partial charge in [-0.3, -0.25) is 0 Å². The zero-order valence-electron chi connectivity index (χ0n) is 15.5. The zero-order valence-corrected chi connectivity index (χ0v) is 15.5. The number of hydrogen-bond acceptors (Lipinski definition) is 4. The van der Waals surface area contributed by atoms with E-state index in [2.05, 4.69) is 13.8 Å². The maximum Gasteiger partial charge on any atom is 0.416 e. The first-order valence-electron chi connectivity index (χ1n) is 8.20. The van der Waals surface area contributed by atoms with Crippen LogP contribution in [0.25, 0.3) is 0 Å². The van der Waals surface area contributed by atoms with Crippen molar-refractivity contribution in [2.45, 2.75) is 32.1 Å². The van der Waals surface area contributed by atoms with Crippen LogP contribution in [0.4, 0.5) is 23.2 Å². The fraction of sp³-hybridized carbons (Fsp3) is 0.316. The third-order valence-electron chi connectivity index (χ3n) is 3.60. The number of carboxylic acid groups (broad SMARTS) is 1. The van der Waals surface area contributed by atoms with Crippen LogP contribution in [0.2, 0.25) is 0 Å². The number of ether oxygens (including phenoxy) is 1. The highest BCUT2D eigenvalue weighted by molar-refractivity contribution is 5.87. The highest BCUT2D eigenvalue weighted by atomic mass is 19.4. The molecule has 4 N–H and O–H groups in total. The van der Waals surface area contributed by atoms with Gasteiger partial charge in [-0.25, -0.2) is 9.18 Å². The van der Waals surface area contributed by atoms with Gasteiger partial charge in [0, 0.05) is 11.3 Å². The van der Waals surface area contributed by atoms with Gasteiger partial charge in [0.1, 0.15) is 11.5 Å². The lowest BCUT2D eigenvalue weighted by atomic mass is 9.85. The van der Waals surface area contributed by atoms with E-state index in [0.29, 0.717) is 18.2 Å². The number of nitrogens with two attached hydrogens (primary N) is 1. The van der Waals surface area contributed by atoms with Crippen LogP contribution in [-0.4, -0.2) is 23.3 Å². The number of carboxylic acids is 1. The molecular formula is C19H21F4NO4. The van der Waals surface area contributed by atoms with E-state index in [0.717, 1.165) is 25.3 Å². The second-order valence-corrected chi connectivity index (χ2v) is 5.86. The molecule has 0 amide bonds. The molecule has 0 heterocycles. The standard InChI is InChI=1S/C16H13F4NO4.C3H8/c1-25-13-5-3-9(22)7-11(13)15(17,14(23)24)10-4-2-8(6-12(10)21)16(18,19)20;1-3-2/h2-7,22H,21H2,1H3,(H,23,24);3H2,1-2H3. The van der Waals surface area contributed by atoms with Crippen LogP contribution in [0, 0.1) is 0 Å². The van der Waals surface area contributed by atoms with E-state index in [4.69, 9.17) is 10.5 Å². The monoisotopic (exact) mass is 403 g/mol. The van der Waals surface area contributed by atoms with Crippen molar-refractivity contribution in [3.05, 3.63) is 53.1 Å². The quantitative estimate of drug-likeness (QED) is 0.508. The second kappa shape index (κ2) is 8.81. The summed E-state index contributed by atoms with van der Waals surface area (Å²) >= 11 is 0. The van der Waals surface area contributed by atoms with E-state index in [1.54, 1.807) is 0 Å². The first-order chi connectivity index (χ1) is 12.9. The maximum absolute atomic E-state index is 15.5. The first kappa shape index (κ1) is 23.1. The Labute approximate surface area is 159 Å². The highest BCUT2D eigenvalue weighted by Gasteiger charge is 2.47. The molecule has 1 atom stereocenters. The van der Waals surface area contributed by atoms with Crippen molar-refractivity contribution in [3.8, 4) is 11.5 Å². The molecule has 2 aromatic carbocycles. The third-order valence-corrected chi connectivity index (χ3v) is 3.60. The van der Waals surface area contributed by atoms with Gasteiger partial charge in [-0.05, 0) is 30.3 Å². The van der Waals surface area contributed by atoms with Crippen LogP contribution < -0.4 is 10.5 Å². The Balaban J connectivity index is 0.00000122. The number of carbonyl (C=O) groups is 1. The van der Waals surface area contributed by atoms with Crippen molar-refractivity contribution in [1.82, 2.24) is 0 Å². The smallest absolute Gasteiger partial charge is 0.416 e. The van der Waals surface area contributed by atoms with E-state index in [9.17, 15) is 28.2 Å². The van der Waals surface area contributed by atoms with Crippen LogP contribution in [0.5, 0.6) is 11.5 Å². The summed E-state index contributed by atoms with van der Waals surface area (Å²) < 4.78 is 58.6. The number of phenols is 1. The van der Waals surface area contributed by atoms with Crippen molar-refractivity contribution in [1.29, 1.82) is 0 Å². The Morgan fingerprint density at radius 2 is 1.64 bits per heavy atom. The Morgan fingerprint density at radius 3 is 2.07 bits per heavy atom. The van der Waals surface area contributed by atoms with E-state index in [1.165, 1.54) is 6.42 Å². The summed E-state index contributed by atoms with van der Waals surface area (Å²) in [7, 11) is 1.15. The molecule has 0 aliphatic rings. The lowest BCUT2D eigenvalue weighted by Gasteiger charge is -2.25. The topological polar surface area (TPSA) is 92.8 Å². The largest absolute Gasteiger partial charge is 0.508 e. The number of rotatable bonds is 4. The van der Waals surface area contributed by atoms with E-state index < -0.39 is 45.9 Å². The molecule has 0 aliphatic heterocycles. The summed E-state index contributed by atoms with van der Waals surface area (Å²) in [5.41, 5.74) is -0.999. The molecule has 0 saturated heterocycles. The molecule has 0 fully saturated rings. The van der Waals surface area contributed by atoms with Crippen LogP contribution in [0.15, 0.2) is 36.4 Å². The van der Waals surface area contributed by atoms with Crippen LogP contribution >= 0.6 is 0 Å². The number of methoxy groups -OCH3 is 1. The minimum Gasteiger partial charge on any atom is -0.508 e. The van der Waals surface area contributed by atoms with Gasteiger partial charge in [0.05, 0.1) is 18.2 Å². The molecule has 28 heavy (non-hydrogen) atoms. The molecule has 0 radical (unpaired) electrons. The summed E-state index contributed by atoms with van der Waals surface area (Å²) in [4.78, 5) is 11.6. The molecule has 0 aromatic heterocycles. The van der Waals surface area contributed by atoms with Crippen molar-refractivity contribution in [2.24, 2.45) is 0 Å². The lowest BCUT2D eigenvalue weighted by molar-refractivity contribution is -0.148. The first-order valence-corrected chi connectivity index (χ1v) is 8.20. The van der Waals surface area contributed by atoms with Gasteiger partial charge in [-0.2, -0.15) is 13.2 Å². The number of aromatic hydroxyl groups is 1. The lowest BCUT2D eigenvalue weighted by Crippen LogP contribution is -2.33. The fourth-order valence-corrected chi connectivity index (χ4v) is 2.39. The summed E-state index contributed by atoms with van der Waals surface area (Å²) in [6, 6.07) is 4.70. The minimum atomic E-state index is -4.72. The normalized spacial score (nSPS) is 13.1. The molecule has 2 aromatic rings. The number of anilines is 1. The molecule has 1 unspecified atom stereocenters. The summed E-state index contributed by atoms with van der Waals surface area (Å²) in [6.45, 7) is 4.25. The summed E-state index contributed by atoms with van der Waals surface area (Å²) in [6.07, 6.45) is -3.47. The third kappa shape index (κ3) is 4.65. The SMILES string of the molecule is CCC.COc1ccc(O)cc1C(F)(C(=O)O)c1ccc(C(F)(F)F)cc1N.